The maximum atomic E-state index is 14.2. The van der Waals surface area contributed by atoms with Gasteiger partial charge in [-0.15, -0.1) is 10.2 Å². The Morgan fingerprint density at radius 2 is 1.77 bits per heavy atom. The minimum atomic E-state index is -0.531. The van der Waals surface area contributed by atoms with E-state index in [-0.39, 0.29) is 5.56 Å². The molecule has 1 amide bonds. The lowest BCUT2D eigenvalue weighted by molar-refractivity contribution is 0.0982. The summed E-state index contributed by atoms with van der Waals surface area (Å²) in [7, 11) is 0. The Kier molecular flexibility index (Phi) is 6.52. The molecule has 158 valence electrons. The van der Waals surface area contributed by atoms with Crippen LogP contribution in [-0.4, -0.2) is 27.2 Å². The number of hydrogen-bond acceptors (Lipinski definition) is 4. The van der Waals surface area contributed by atoms with Gasteiger partial charge in [0.2, 0.25) is 5.13 Å². The summed E-state index contributed by atoms with van der Waals surface area (Å²) in [5.41, 5.74) is 2.17. The van der Waals surface area contributed by atoms with E-state index in [1.165, 1.54) is 33.9 Å². The number of aromatic nitrogens is 3. The summed E-state index contributed by atoms with van der Waals surface area (Å²) >= 11 is 1.34. The van der Waals surface area contributed by atoms with Crippen molar-refractivity contribution in [2.75, 3.05) is 11.4 Å². The van der Waals surface area contributed by atoms with E-state index in [9.17, 15) is 9.18 Å². The summed E-state index contributed by atoms with van der Waals surface area (Å²) in [6.45, 7) is 3.32. The number of anilines is 1. The van der Waals surface area contributed by atoms with Gasteiger partial charge in [-0.3, -0.25) is 9.69 Å². The summed E-state index contributed by atoms with van der Waals surface area (Å²) in [6, 6.07) is 18.2. The van der Waals surface area contributed by atoms with Gasteiger partial charge in [0.25, 0.3) is 5.91 Å². The summed E-state index contributed by atoms with van der Waals surface area (Å²) in [6.07, 6.45) is 5.77. The molecule has 0 spiro atoms. The second-order valence-corrected chi connectivity index (χ2v) is 8.19. The average Bonchev–Trinajstić information content (AvgIpc) is 3.47. The zero-order valence-corrected chi connectivity index (χ0v) is 18.1. The molecule has 0 N–H and O–H groups in total. The minimum Gasteiger partial charge on any atom is -0.350 e. The van der Waals surface area contributed by atoms with Crippen molar-refractivity contribution in [1.29, 1.82) is 0 Å². The SMILES string of the molecule is CCCCN(C(=O)c1ccccc1F)c1nnc(-c2ccc(Cn3cccc3)cc2)s1. The molecule has 0 saturated heterocycles. The third kappa shape index (κ3) is 4.88. The van der Waals surface area contributed by atoms with E-state index in [1.54, 1.807) is 12.1 Å². The molecule has 0 radical (unpaired) electrons. The fourth-order valence-corrected chi connectivity index (χ4v) is 4.14. The molecule has 7 heteroatoms. The number of benzene rings is 2. The van der Waals surface area contributed by atoms with Crippen molar-refractivity contribution in [3.63, 3.8) is 0 Å². The van der Waals surface area contributed by atoms with Crippen LogP contribution in [0.3, 0.4) is 0 Å². The molecule has 31 heavy (non-hydrogen) atoms. The quantitative estimate of drug-likeness (QED) is 0.361. The second-order valence-electron chi connectivity index (χ2n) is 7.23. The van der Waals surface area contributed by atoms with Crippen LogP contribution in [0.25, 0.3) is 10.6 Å². The first-order chi connectivity index (χ1) is 15.2. The highest BCUT2D eigenvalue weighted by Crippen LogP contribution is 2.30. The van der Waals surface area contributed by atoms with Crippen LogP contribution in [0.1, 0.15) is 35.7 Å². The van der Waals surface area contributed by atoms with Crippen LogP contribution in [0.4, 0.5) is 9.52 Å². The van der Waals surface area contributed by atoms with E-state index >= 15 is 0 Å². The average molecular weight is 435 g/mol. The van der Waals surface area contributed by atoms with E-state index in [1.807, 2.05) is 43.6 Å². The molecule has 4 rings (SSSR count). The number of rotatable bonds is 8. The summed E-state index contributed by atoms with van der Waals surface area (Å²) in [5.74, 6) is -0.923. The topological polar surface area (TPSA) is 51.0 Å². The van der Waals surface area contributed by atoms with Crippen molar-refractivity contribution >= 4 is 22.4 Å². The molecule has 2 aromatic carbocycles. The Morgan fingerprint density at radius 3 is 2.48 bits per heavy atom. The molecule has 0 saturated carbocycles. The normalized spacial score (nSPS) is 10.9. The summed E-state index contributed by atoms with van der Waals surface area (Å²) in [5, 5.41) is 9.75. The van der Waals surface area contributed by atoms with Crippen molar-refractivity contribution in [3.05, 3.63) is 90.0 Å². The van der Waals surface area contributed by atoms with Gasteiger partial charge in [0.1, 0.15) is 10.8 Å². The molecular weight excluding hydrogens is 411 g/mol. The van der Waals surface area contributed by atoms with Gasteiger partial charge in [-0.2, -0.15) is 0 Å². The van der Waals surface area contributed by atoms with Gasteiger partial charge in [0.15, 0.2) is 0 Å². The lowest BCUT2D eigenvalue weighted by atomic mass is 10.1. The maximum absolute atomic E-state index is 14.2. The third-order valence-corrected chi connectivity index (χ3v) is 5.96. The monoisotopic (exact) mass is 434 g/mol. The van der Waals surface area contributed by atoms with E-state index < -0.39 is 11.7 Å². The van der Waals surface area contributed by atoms with E-state index in [0.29, 0.717) is 11.7 Å². The highest BCUT2D eigenvalue weighted by molar-refractivity contribution is 7.18. The lowest BCUT2D eigenvalue weighted by Gasteiger charge is -2.19. The lowest BCUT2D eigenvalue weighted by Crippen LogP contribution is -2.32. The zero-order valence-electron chi connectivity index (χ0n) is 17.2. The Balaban J connectivity index is 1.55. The molecule has 0 aliphatic heterocycles. The highest BCUT2D eigenvalue weighted by Gasteiger charge is 2.23. The van der Waals surface area contributed by atoms with Gasteiger partial charge in [-0.25, -0.2) is 4.39 Å². The van der Waals surface area contributed by atoms with Gasteiger partial charge < -0.3 is 4.57 Å². The minimum absolute atomic E-state index is 0.0460. The predicted octanol–water partition coefficient (Wildman–Crippen LogP) is 5.64. The number of unbranched alkanes of at least 4 members (excludes halogenated alkanes) is 1. The molecule has 0 bridgehead atoms. The first-order valence-corrected chi connectivity index (χ1v) is 11.1. The number of carbonyl (C=O) groups excluding carboxylic acids is 1. The fourth-order valence-electron chi connectivity index (χ4n) is 3.26. The Hall–Kier alpha value is -3.32. The number of hydrogen-bond donors (Lipinski definition) is 0. The second kappa shape index (κ2) is 9.66. The predicted molar refractivity (Wildman–Crippen MR) is 122 cm³/mol. The number of carbonyl (C=O) groups is 1. The van der Waals surface area contributed by atoms with Crippen LogP contribution >= 0.6 is 11.3 Å². The largest absolute Gasteiger partial charge is 0.350 e. The molecule has 0 aliphatic rings. The van der Waals surface area contributed by atoms with Crippen molar-refractivity contribution in [1.82, 2.24) is 14.8 Å². The van der Waals surface area contributed by atoms with Crippen molar-refractivity contribution in [2.24, 2.45) is 0 Å². The molecule has 4 aromatic rings. The molecule has 5 nitrogen and oxygen atoms in total. The fraction of sp³-hybridized carbons (Fsp3) is 0.208. The molecule has 0 aliphatic carbocycles. The van der Waals surface area contributed by atoms with Crippen LogP contribution in [0, 0.1) is 5.82 Å². The number of halogens is 1. The molecule has 2 aromatic heterocycles. The van der Waals surface area contributed by atoms with Crippen LogP contribution in [-0.2, 0) is 6.54 Å². The number of nitrogens with zero attached hydrogens (tertiary/aromatic N) is 4. The van der Waals surface area contributed by atoms with Crippen LogP contribution in [0.2, 0.25) is 0 Å². The first kappa shape index (κ1) is 20.9. The van der Waals surface area contributed by atoms with E-state index in [4.69, 9.17) is 0 Å². The molecule has 0 atom stereocenters. The van der Waals surface area contributed by atoms with Crippen molar-refractivity contribution < 1.29 is 9.18 Å². The Morgan fingerprint density at radius 1 is 1.03 bits per heavy atom. The molecule has 0 unspecified atom stereocenters. The van der Waals surface area contributed by atoms with Gasteiger partial charge in [-0.05, 0) is 36.2 Å². The maximum Gasteiger partial charge on any atom is 0.263 e. The van der Waals surface area contributed by atoms with Gasteiger partial charge in [0, 0.05) is 31.0 Å². The zero-order chi connectivity index (χ0) is 21.6. The van der Waals surface area contributed by atoms with E-state index in [2.05, 4.69) is 26.9 Å². The molecule has 0 fully saturated rings. The van der Waals surface area contributed by atoms with Crippen LogP contribution < -0.4 is 4.90 Å². The summed E-state index contributed by atoms with van der Waals surface area (Å²) < 4.78 is 16.3. The Labute approximate surface area is 184 Å². The standard InChI is InChI=1S/C24H23FN4OS/c1-2-3-16-29(23(30)20-8-4-5-9-21(20)25)24-27-26-22(31-24)19-12-10-18(11-13-19)17-28-14-6-7-15-28/h4-15H,2-3,16-17H2,1H3. The third-order valence-electron chi connectivity index (χ3n) is 4.96. The van der Waals surface area contributed by atoms with E-state index in [0.717, 1.165) is 30.0 Å². The molecule has 2 heterocycles. The summed E-state index contributed by atoms with van der Waals surface area (Å²) in [4.78, 5) is 14.6. The van der Waals surface area contributed by atoms with Gasteiger partial charge in [0.05, 0.1) is 5.56 Å². The van der Waals surface area contributed by atoms with Crippen LogP contribution in [0.5, 0.6) is 0 Å². The van der Waals surface area contributed by atoms with Gasteiger partial charge in [-0.1, -0.05) is 61.1 Å². The van der Waals surface area contributed by atoms with Crippen molar-refractivity contribution in [2.45, 2.75) is 26.3 Å². The van der Waals surface area contributed by atoms with Crippen molar-refractivity contribution in [3.8, 4) is 10.6 Å². The Bertz CT molecular complexity index is 1140. The molecular formula is C24H23FN4OS. The first-order valence-electron chi connectivity index (χ1n) is 10.3. The number of amides is 1. The van der Waals surface area contributed by atoms with Crippen LogP contribution in [0.15, 0.2) is 73.1 Å². The highest BCUT2D eigenvalue weighted by atomic mass is 32.1. The smallest absolute Gasteiger partial charge is 0.263 e. The van der Waals surface area contributed by atoms with Gasteiger partial charge >= 0.3 is 0 Å².